The topological polar surface area (TPSA) is 89.5 Å². The van der Waals surface area contributed by atoms with Gasteiger partial charge in [-0.3, -0.25) is 5.32 Å². The molecular formula is C5H12NO4S-. The van der Waals surface area contributed by atoms with Crippen molar-refractivity contribution in [2.24, 2.45) is 0 Å². The number of hydrogen-bond acceptors (Lipinski definition) is 5. The van der Waals surface area contributed by atoms with Gasteiger partial charge >= 0.3 is 0 Å². The second-order valence-corrected chi connectivity index (χ2v) is 3.64. The van der Waals surface area contributed by atoms with E-state index in [0.29, 0.717) is 6.54 Å². The van der Waals surface area contributed by atoms with Gasteiger partial charge in [0.1, 0.15) is 6.23 Å². The Morgan fingerprint density at radius 2 is 2.18 bits per heavy atom. The first kappa shape index (κ1) is 10.8. The number of nitrogens with one attached hydrogen (secondary N) is 1. The summed E-state index contributed by atoms with van der Waals surface area (Å²) in [6.45, 7) is 2.36. The van der Waals surface area contributed by atoms with Gasteiger partial charge in [-0.15, -0.1) is 0 Å². The predicted octanol–water partition coefficient (Wildman–Crippen LogP) is -1.15. The standard InChI is InChI=1S/C5H13NO4S/c1-2-3-6-5(7)4-11(8,9)10/h5-7H,2-4H2,1H3,(H,8,9,10)/p-1. The molecule has 0 saturated carbocycles. The van der Waals surface area contributed by atoms with Gasteiger partial charge in [0.2, 0.25) is 0 Å². The molecule has 0 aliphatic heterocycles. The van der Waals surface area contributed by atoms with Gasteiger partial charge in [0.15, 0.2) is 0 Å². The molecule has 0 aromatic heterocycles. The van der Waals surface area contributed by atoms with Gasteiger partial charge in [-0.05, 0) is 13.0 Å². The van der Waals surface area contributed by atoms with Crippen molar-refractivity contribution < 1.29 is 18.1 Å². The molecule has 0 amide bonds. The summed E-state index contributed by atoms with van der Waals surface area (Å²) >= 11 is 0. The van der Waals surface area contributed by atoms with Gasteiger partial charge in [-0.2, -0.15) is 0 Å². The van der Waals surface area contributed by atoms with Crippen LogP contribution < -0.4 is 5.32 Å². The van der Waals surface area contributed by atoms with Gasteiger partial charge < -0.3 is 9.66 Å². The number of hydrogen-bond donors (Lipinski definition) is 2. The van der Waals surface area contributed by atoms with Crippen LogP contribution in [0.15, 0.2) is 0 Å². The molecule has 11 heavy (non-hydrogen) atoms. The van der Waals surface area contributed by atoms with Crippen molar-refractivity contribution in [3.05, 3.63) is 0 Å². The van der Waals surface area contributed by atoms with E-state index in [1.54, 1.807) is 0 Å². The molecule has 0 aromatic carbocycles. The van der Waals surface area contributed by atoms with Crippen LogP contribution in [0.2, 0.25) is 0 Å². The molecule has 0 aliphatic rings. The van der Waals surface area contributed by atoms with Crippen molar-refractivity contribution in [1.29, 1.82) is 0 Å². The maximum absolute atomic E-state index is 10.0. The summed E-state index contributed by atoms with van der Waals surface area (Å²) in [6.07, 6.45) is -0.465. The van der Waals surface area contributed by atoms with Gasteiger partial charge in [-0.25, -0.2) is 8.42 Å². The quantitative estimate of drug-likeness (QED) is 0.414. The van der Waals surface area contributed by atoms with Crippen LogP contribution in [-0.2, 0) is 10.1 Å². The molecule has 0 fully saturated rings. The monoisotopic (exact) mass is 182 g/mol. The van der Waals surface area contributed by atoms with E-state index in [9.17, 15) is 13.0 Å². The van der Waals surface area contributed by atoms with Crippen molar-refractivity contribution >= 4 is 10.1 Å². The predicted molar refractivity (Wildman–Crippen MR) is 38.9 cm³/mol. The molecule has 0 bridgehead atoms. The van der Waals surface area contributed by atoms with Gasteiger partial charge in [0, 0.05) is 0 Å². The van der Waals surface area contributed by atoms with E-state index in [2.05, 4.69) is 5.32 Å². The number of rotatable bonds is 5. The Balaban J connectivity index is 3.61. The Kier molecular flexibility index (Phi) is 4.58. The normalized spacial score (nSPS) is 14.8. The van der Waals surface area contributed by atoms with Gasteiger partial charge in [-0.1, -0.05) is 6.92 Å². The third kappa shape index (κ3) is 7.73. The van der Waals surface area contributed by atoms with Gasteiger partial charge in [0.05, 0.1) is 15.9 Å². The minimum absolute atomic E-state index is 0.497. The minimum atomic E-state index is -4.32. The van der Waals surface area contributed by atoms with Crippen molar-refractivity contribution in [1.82, 2.24) is 5.32 Å². The van der Waals surface area contributed by atoms with Crippen LogP contribution in [0.5, 0.6) is 0 Å². The Morgan fingerprint density at radius 3 is 2.55 bits per heavy atom. The van der Waals surface area contributed by atoms with Crippen LogP contribution in [0, 0.1) is 0 Å². The summed E-state index contributed by atoms with van der Waals surface area (Å²) in [5.41, 5.74) is 0. The van der Waals surface area contributed by atoms with Crippen molar-refractivity contribution in [3.8, 4) is 0 Å². The highest BCUT2D eigenvalue weighted by molar-refractivity contribution is 7.85. The fourth-order valence-electron chi connectivity index (χ4n) is 0.563. The van der Waals surface area contributed by atoms with Crippen LogP contribution in [0.4, 0.5) is 0 Å². The summed E-state index contributed by atoms with van der Waals surface area (Å²) in [5, 5.41) is 11.3. The molecule has 5 nitrogen and oxygen atoms in total. The molecule has 0 spiro atoms. The average molecular weight is 182 g/mol. The molecule has 68 valence electrons. The SMILES string of the molecule is CCCNC(O)CS(=O)(=O)[O-]. The highest BCUT2D eigenvalue weighted by Crippen LogP contribution is 1.86. The van der Waals surface area contributed by atoms with Crippen molar-refractivity contribution in [3.63, 3.8) is 0 Å². The first-order valence-electron chi connectivity index (χ1n) is 3.30. The zero-order chi connectivity index (χ0) is 8.91. The molecule has 0 aliphatic carbocycles. The molecule has 2 N–H and O–H groups in total. The smallest absolute Gasteiger partial charge is 0.117 e. The lowest BCUT2D eigenvalue weighted by atomic mass is 10.5. The molecule has 1 unspecified atom stereocenters. The Hall–Kier alpha value is -0.170. The first-order chi connectivity index (χ1) is 4.95. The summed E-state index contributed by atoms with van der Waals surface area (Å²) in [7, 11) is -4.32. The Bertz CT molecular complexity index is 189. The molecule has 0 heterocycles. The molecule has 0 rings (SSSR count). The minimum Gasteiger partial charge on any atom is -0.748 e. The van der Waals surface area contributed by atoms with E-state index < -0.39 is 22.1 Å². The summed E-state index contributed by atoms with van der Waals surface area (Å²) in [5.74, 6) is -0.771. The molecule has 0 saturated heterocycles. The number of aliphatic hydroxyl groups is 1. The molecule has 6 heteroatoms. The van der Waals surface area contributed by atoms with Gasteiger partial charge in [0.25, 0.3) is 0 Å². The third-order valence-corrected chi connectivity index (χ3v) is 1.72. The summed E-state index contributed by atoms with van der Waals surface area (Å²) in [4.78, 5) is 0. The van der Waals surface area contributed by atoms with Crippen LogP contribution in [0.25, 0.3) is 0 Å². The molecule has 1 atom stereocenters. The van der Waals surface area contributed by atoms with Crippen LogP contribution in [0.1, 0.15) is 13.3 Å². The van der Waals surface area contributed by atoms with Crippen LogP contribution >= 0.6 is 0 Å². The van der Waals surface area contributed by atoms with E-state index >= 15 is 0 Å². The van der Waals surface area contributed by atoms with E-state index in [0.717, 1.165) is 6.42 Å². The first-order valence-corrected chi connectivity index (χ1v) is 4.88. The second-order valence-electron chi connectivity index (χ2n) is 2.19. The van der Waals surface area contributed by atoms with Crippen molar-refractivity contribution in [2.75, 3.05) is 12.3 Å². The summed E-state index contributed by atoms with van der Waals surface area (Å²) in [6, 6.07) is 0. The number of aliphatic hydroxyl groups excluding tert-OH is 1. The lowest BCUT2D eigenvalue weighted by Gasteiger charge is -2.13. The van der Waals surface area contributed by atoms with E-state index in [-0.39, 0.29) is 0 Å². The fraction of sp³-hybridized carbons (Fsp3) is 1.00. The maximum atomic E-state index is 10.0. The zero-order valence-electron chi connectivity index (χ0n) is 6.28. The highest BCUT2D eigenvalue weighted by Gasteiger charge is 2.05. The third-order valence-electron chi connectivity index (χ3n) is 0.992. The maximum Gasteiger partial charge on any atom is 0.117 e. The average Bonchev–Trinajstić information content (AvgIpc) is 1.79. The molecule has 0 aromatic rings. The van der Waals surface area contributed by atoms with Crippen LogP contribution in [0.3, 0.4) is 0 Å². The second kappa shape index (κ2) is 4.66. The highest BCUT2D eigenvalue weighted by atomic mass is 32.2. The van der Waals surface area contributed by atoms with E-state index in [1.165, 1.54) is 0 Å². The zero-order valence-corrected chi connectivity index (χ0v) is 7.10. The van der Waals surface area contributed by atoms with Crippen LogP contribution in [-0.4, -0.2) is 36.6 Å². The Morgan fingerprint density at radius 1 is 1.64 bits per heavy atom. The van der Waals surface area contributed by atoms with Crippen molar-refractivity contribution in [2.45, 2.75) is 19.6 Å². The largest absolute Gasteiger partial charge is 0.748 e. The Labute approximate surface area is 66.2 Å². The molecule has 0 radical (unpaired) electrons. The van der Waals surface area contributed by atoms with E-state index in [1.807, 2.05) is 6.92 Å². The molecular weight excluding hydrogens is 170 g/mol. The summed E-state index contributed by atoms with van der Waals surface area (Å²) < 4.78 is 30.1. The fourth-order valence-corrected chi connectivity index (χ4v) is 1.07. The lowest BCUT2D eigenvalue weighted by Crippen LogP contribution is -2.35. The lowest BCUT2D eigenvalue weighted by molar-refractivity contribution is 0.157. The van der Waals surface area contributed by atoms with E-state index in [4.69, 9.17) is 5.11 Å².